The average molecular weight is 432 g/mol. The number of carboxylic acids is 1. The van der Waals surface area contributed by atoms with Crippen LogP contribution in [0.1, 0.15) is 32.6 Å². The van der Waals surface area contributed by atoms with Gasteiger partial charge < -0.3 is 9.67 Å². The van der Waals surface area contributed by atoms with Crippen LogP contribution in [0.2, 0.25) is 10.0 Å². The maximum Gasteiger partial charge on any atom is 0.341 e. The van der Waals surface area contributed by atoms with E-state index in [2.05, 4.69) is 0 Å². The van der Waals surface area contributed by atoms with Gasteiger partial charge in [0.15, 0.2) is 5.43 Å². The molecule has 0 aliphatic carbocycles. The number of nitrogens with zero attached hydrogens (tertiary/aromatic N) is 1. The Kier molecular flexibility index (Phi) is 5.00. The van der Waals surface area contributed by atoms with Gasteiger partial charge in [0.25, 0.3) is 0 Å². The van der Waals surface area contributed by atoms with Crippen LogP contribution in [0.3, 0.4) is 0 Å². The zero-order valence-corrected chi connectivity index (χ0v) is 17.1. The molecule has 0 bridgehead atoms. The minimum Gasteiger partial charge on any atom is -0.477 e. The molecule has 4 rings (SSSR count). The average Bonchev–Trinajstić information content (AvgIpc) is 2.80. The molecule has 1 aliphatic heterocycles. The number of pyridine rings is 1. The summed E-state index contributed by atoms with van der Waals surface area (Å²) in [5, 5.41) is 10.5. The molecule has 4 nitrogen and oxygen atoms in total. The van der Waals surface area contributed by atoms with E-state index in [0.29, 0.717) is 27.9 Å². The van der Waals surface area contributed by atoms with Crippen molar-refractivity contribution in [1.82, 2.24) is 4.57 Å². The van der Waals surface area contributed by atoms with E-state index in [1.54, 1.807) is 23.9 Å². The van der Waals surface area contributed by atoms with Gasteiger partial charge in [0.05, 0.1) is 15.7 Å². The summed E-state index contributed by atoms with van der Waals surface area (Å²) in [5.74, 6) is -1.22. The van der Waals surface area contributed by atoms with E-state index in [4.69, 9.17) is 23.2 Å². The molecule has 1 N–H and O–H groups in total. The number of halogens is 2. The molecule has 1 atom stereocenters. The molecule has 142 valence electrons. The van der Waals surface area contributed by atoms with Crippen LogP contribution in [0.25, 0.3) is 5.69 Å². The Hall–Kier alpha value is -2.21. The number of carboxylic acid groups (broad SMARTS) is 1. The van der Waals surface area contributed by atoms with E-state index in [-0.39, 0.29) is 10.8 Å². The summed E-state index contributed by atoms with van der Waals surface area (Å²) in [7, 11) is 0. The second-order valence-corrected chi connectivity index (χ2v) is 8.62. The molecule has 1 unspecified atom stereocenters. The highest BCUT2D eigenvalue weighted by molar-refractivity contribution is 7.99. The second-order valence-electron chi connectivity index (χ2n) is 6.56. The summed E-state index contributed by atoms with van der Waals surface area (Å²) < 4.78 is 1.88. The van der Waals surface area contributed by atoms with Crippen molar-refractivity contribution in [2.24, 2.45) is 0 Å². The molecular weight excluding hydrogens is 417 g/mol. The number of aromatic carboxylic acids is 1. The fourth-order valence-corrected chi connectivity index (χ4v) is 5.14. The topological polar surface area (TPSA) is 59.3 Å². The van der Waals surface area contributed by atoms with Gasteiger partial charge in [-0.1, -0.05) is 41.4 Å². The number of benzene rings is 2. The lowest BCUT2D eigenvalue weighted by molar-refractivity contribution is 0.0693. The van der Waals surface area contributed by atoms with Gasteiger partial charge in [-0.2, -0.15) is 0 Å². The quantitative estimate of drug-likeness (QED) is 0.578. The standard InChI is InChI=1S/C21H15Cl2NO3S/c1-11-8-17(25)20(21(26)27)16-10-19(12-6-7-13(22)14(23)9-12)28-18-5-3-2-4-15(18)24(11)16/h2-9,19H,10H2,1H3,(H,26,27). The number of carbonyl (C=O) groups is 1. The van der Waals surface area contributed by atoms with Crippen LogP contribution in [0.4, 0.5) is 0 Å². The molecule has 0 saturated heterocycles. The molecule has 7 heteroatoms. The number of aryl methyl sites for hydroxylation is 1. The van der Waals surface area contributed by atoms with Crippen molar-refractivity contribution in [1.29, 1.82) is 0 Å². The fraction of sp³-hybridized carbons (Fsp3) is 0.143. The molecule has 2 aromatic carbocycles. The lowest BCUT2D eigenvalue weighted by Gasteiger charge is -2.19. The molecule has 1 aliphatic rings. The van der Waals surface area contributed by atoms with E-state index in [1.807, 2.05) is 41.8 Å². The molecule has 0 radical (unpaired) electrons. The van der Waals surface area contributed by atoms with E-state index < -0.39 is 11.4 Å². The Balaban J connectivity index is 2.01. The van der Waals surface area contributed by atoms with Crippen molar-refractivity contribution in [2.75, 3.05) is 0 Å². The molecular formula is C21H15Cl2NO3S. The minimum atomic E-state index is -1.22. The van der Waals surface area contributed by atoms with Crippen molar-refractivity contribution < 1.29 is 9.90 Å². The minimum absolute atomic E-state index is 0.121. The number of thioether (sulfide) groups is 1. The molecule has 0 fully saturated rings. The molecule has 2 heterocycles. The van der Waals surface area contributed by atoms with Crippen molar-refractivity contribution in [3.8, 4) is 5.69 Å². The van der Waals surface area contributed by atoms with Gasteiger partial charge in [-0.15, -0.1) is 11.8 Å². The summed E-state index contributed by atoms with van der Waals surface area (Å²) >= 11 is 13.9. The van der Waals surface area contributed by atoms with Crippen LogP contribution in [0, 0.1) is 6.92 Å². The zero-order valence-electron chi connectivity index (χ0n) is 14.8. The first-order chi connectivity index (χ1) is 13.4. The van der Waals surface area contributed by atoms with Gasteiger partial charge in [-0.05, 0) is 36.8 Å². The Bertz CT molecular complexity index is 1170. The predicted molar refractivity (Wildman–Crippen MR) is 112 cm³/mol. The largest absolute Gasteiger partial charge is 0.477 e. The van der Waals surface area contributed by atoms with Crippen molar-refractivity contribution in [3.63, 3.8) is 0 Å². The Morgan fingerprint density at radius 3 is 2.61 bits per heavy atom. The number of hydrogen-bond donors (Lipinski definition) is 1. The highest BCUT2D eigenvalue weighted by Crippen LogP contribution is 2.45. The smallest absolute Gasteiger partial charge is 0.341 e. The summed E-state index contributed by atoms with van der Waals surface area (Å²) in [4.78, 5) is 25.4. The van der Waals surface area contributed by atoms with Crippen LogP contribution in [-0.2, 0) is 6.42 Å². The van der Waals surface area contributed by atoms with Crippen molar-refractivity contribution in [2.45, 2.75) is 23.5 Å². The van der Waals surface area contributed by atoms with Gasteiger partial charge >= 0.3 is 5.97 Å². The first kappa shape index (κ1) is 19.1. The summed E-state index contributed by atoms with van der Waals surface area (Å²) in [6.07, 6.45) is 0.371. The molecule has 1 aromatic heterocycles. The zero-order chi connectivity index (χ0) is 20.0. The molecule has 28 heavy (non-hydrogen) atoms. The molecule has 0 amide bonds. The van der Waals surface area contributed by atoms with Gasteiger partial charge in [0.2, 0.25) is 0 Å². The van der Waals surface area contributed by atoms with Crippen LogP contribution < -0.4 is 5.43 Å². The lowest BCUT2D eigenvalue weighted by Crippen LogP contribution is -2.24. The number of hydrogen-bond acceptors (Lipinski definition) is 3. The molecule has 3 aromatic rings. The van der Waals surface area contributed by atoms with E-state index in [1.165, 1.54) is 6.07 Å². The number of aromatic nitrogens is 1. The second kappa shape index (κ2) is 7.32. The third kappa shape index (κ3) is 3.24. The van der Waals surface area contributed by atoms with Crippen molar-refractivity contribution in [3.05, 3.63) is 91.3 Å². The van der Waals surface area contributed by atoms with Crippen LogP contribution in [0.5, 0.6) is 0 Å². The Morgan fingerprint density at radius 2 is 1.89 bits per heavy atom. The summed E-state index contributed by atoms with van der Waals surface area (Å²) in [5.41, 5.74) is 2.32. The third-order valence-electron chi connectivity index (χ3n) is 4.78. The Morgan fingerprint density at radius 1 is 1.14 bits per heavy atom. The number of para-hydroxylation sites is 1. The van der Waals surface area contributed by atoms with Gasteiger partial charge in [-0.25, -0.2) is 4.79 Å². The van der Waals surface area contributed by atoms with Crippen LogP contribution >= 0.6 is 35.0 Å². The van der Waals surface area contributed by atoms with Crippen LogP contribution in [0.15, 0.2) is 58.2 Å². The summed E-state index contributed by atoms with van der Waals surface area (Å²) in [6, 6.07) is 14.6. The SMILES string of the molecule is Cc1cc(=O)c(C(=O)O)c2n1-c1ccccc1SC(c1ccc(Cl)c(Cl)c1)C2. The number of fused-ring (bicyclic) bond motifs is 3. The fourth-order valence-electron chi connectivity index (χ4n) is 3.56. The first-order valence-electron chi connectivity index (χ1n) is 8.56. The lowest BCUT2D eigenvalue weighted by atomic mass is 10.0. The normalized spacial score (nSPS) is 15.5. The van der Waals surface area contributed by atoms with Gasteiger partial charge in [0.1, 0.15) is 5.56 Å². The predicted octanol–water partition coefficient (Wildman–Crippen LogP) is 5.54. The van der Waals surface area contributed by atoms with E-state index in [0.717, 1.165) is 16.1 Å². The monoisotopic (exact) mass is 431 g/mol. The maximum atomic E-state index is 12.5. The maximum absolute atomic E-state index is 12.5. The van der Waals surface area contributed by atoms with Crippen molar-refractivity contribution >= 4 is 40.9 Å². The number of rotatable bonds is 2. The van der Waals surface area contributed by atoms with E-state index in [9.17, 15) is 14.7 Å². The summed E-state index contributed by atoms with van der Waals surface area (Å²) in [6.45, 7) is 1.82. The highest BCUT2D eigenvalue weighted by Gasteiger charge is 2.29. The molecule has 0 spiro atoms. The van der Waals surface area contributed by atoms with E-state index >= 15 is 0 Å². The molecule has 0 saturated carbocycles. The van der Waals surface area contributed by atoms with Gasteiger partial charge in [-0.3, -0.25) is 4.79 Å². The Labute approximate surface area is 175 Å². The van der Waals surface area contributed by atoms with Crippen LogP contribution in [-0.4, -0.2) is 15.6 Å². The van der Waals surface area contributed by atoms with Gasteiger partial charge in [0, 0.05) is 34.0 Å². The first-order valence-corrected chi connectivity index (χ1v) is 10.2. The highest BCUT2D eigenvalue weighted by atomic mass is 35.5. The third-order valence-corrected chi connectivity index (χ3v) is 6.84.